The van der Waals surface area contributed by atoms with Crippen LogP contribution in [0.1, 0.15) is 17.0 Å². The standard InChI is InChI=1S/C17H15F3N4O2/c18-17(19,20)12-4-2-6-14(8-12)26-13-5-1-3-11(7-13)9-21-10-15-22-16(25)24-23-15/h1-8,21H,9-10H2,(H2,22,23,24,25). The van der Waals surface area contributed by atoms with E-state index in [1.165, 1.54) is 12.1 Å². The molecule has 2 aromatic carbocycles. The summed E-state index contributed by atoms with van der Waals surface area (Å²) < 4.78 is 43.8. The number of aromatic nitrogens is 3. The van der Waals surface area contributed by atoms with Crippen molar-refractivity contribution in [2.75, 3.05) is 0 Å². The number of alkyl halides is 3. The summed E-state index contributed by atoms with van der Waals surface area (Å²) in [6.07, 6.45) is -4.42. The molecule has 0 saturated carbocycles. The van der Waals surface area contributed by atoms with E-state index in [2.05, 4.69) is 20.5 Å². The second-order valence-corrected chi connectivity index (χ2v) is 5.50. The number of hydrogen-bond acceptors (Lipinski definition) is 4. The number of hydrogen-bond donors (Lipinski definition) is 3. The van der Waals surface area contributed by atoms with Crippen LogP contribution in [0.5, 0.6) is 11.5 Å². The molecule has 9 heteroatoms. The SMILES string of the molecule is O=c1[nH]nc(CNCc2cccc(Oc3cccc(C(F)(F)F)c3)c2)[nH]1. The summed E-state index contributed by atoms with van der Waals surface area (Å²) >= 11 is 0. The first-order valence-electron chi connectivity index (χ1n) is 7.68. The van der Waals surface area contributed by atoms with E-state index in [9.17, 15) is 18.0 Å². The van der Waals surface area contributed by atoms with Gasteiger partial charge in [-0.15, -0.1) is 0 Å². The number of nitrogens with zero attached hydrogens (tertiary/aromatic N) is 1. The van der Waals surface area contributed by atoms with Gasteiger partial charge in [-0.3, -0.25) is 4.98 Å². The van der Waals surface area contributed by atoms with Gasteiger partial charge in [0.2, 0.25) is 0 Å². The first-order valence-corrected chi connectivity index (χ1v) is 7.68. The number of benzene rings is 2. The molecule has 1 aromatic heterocycles. The minimum Gasteiger partial charge on any atom is -0.457 e. The lowest BCUT2D eigenvalue weighted by Crippen LogP contribution is -2.14. The van der Waals surface area contributed by atoms with Crippen LogP contribution in [0.2, 0.25) is 0 Å². The maximum Gasteiger partial charge on any atom is 0.416 e. The Balaban J connectivity index is 1.63. The summed E-state index contributed by atoms with van der Waals surface area (Å²) in [6, 6.07) is 11.7. The monoisotopic (exact) mass is 364 g/mol. The summed E-state index contributed by atoms with van der Waals surface area (Å²) in [4.78, 5) is 13.5. The Morgan fingerprint density at radius 1 is 1.04 bits per heavy atom. The van der Waals surface area contributed by atoms with Gasteiger partial charge in [0.15, 0.2) is 0 Å². The average molecular weight is 364 g/mol. The quantitative estimate of drug-likeness (QED) is 0.627. The van der Waals surface area contributed by atoms with Crippen LogP contribution in [-0.4, -0.2) is 15.2 Å². The normalized spacial score (nSPS) is 11.5. The highest BCUT2D eigenvalue weighted by molar-refractivity contribution is 5.36. The van der Waals surface area contributed by atoms with Gasteiger partial charge in [-0.05, 0) is 35.9 Å². The van der Waals surface area contributed by atoms with Crippen LogP contribution < -0.4 is 15.7 Å². The molecular formula is C17H15F3N4O2. The van der Waals surface area contributed by atoms with E-state index in [1.807, 2.05) is 6.07 Å². The van der Waals surface area contributed by atoms with Crippen LogP contribution in [-0.2, 0) is 19.3 Å². The Kier molecular flexibility index (Phi) is 5.08. The highest BCUT2D eigenvalue weighted by atomic mass is 19.4. The van der Waals surface area contributed by atoms with Crippen molar-refractivity contribution in [1.29, 1.82) is 0 Å². The zero-order chi connectivity index (χ0) is 18.6. The maximum absolute atomic E-state index is 12.8. The third kappa shape index (κ3) is 4.73. The first-order chi connectivity index (χ1) is 12.4. The van der Waals surface area contributed by atoms with Gasteiger partial charge in [-0.2, -0.15) is 18.3 Å². The number of aromatic amines is 2. The molecule has 0 aliphatic rings. The van der Waals surface area contributed by atoms with Gasteiger partial charge < -0.3 is 10.1 Å². The zero-order valence-corrected chi connectivity index (χ0v) is 13.4. The molecule has 3 N–H and O–H groups in total. The van der Waals surface area contributed by atoms with Crippen molar-refractivity contribution in [3.63, 3.8) is 0 Å². The lowest BCUT2D eigenvalue weighted by Gasteiger charge is -2.11. The molecule has 0 saturated heterocycles. The van der Waals surface area contributed by atoms with Gasteiger partial charge in [-0.25, -0.2) is 9.89 Å². The van der Waals surface area contributed by atoms with Crippen LogP contribution in [0.4, 0.5) is 13.2 Å². The Labute approximate surface area is 146 Å². The van der Waals surface area contributed by atoms with E-state index in [1.54, 1.807) is 18.2 Å². The van der Waals surface area contributed by atoms with Crippen LogP contribution in [0.25, 0.3) is 0 Å². The molecule has 26 heavy (non-hydrogen) atoms. The average Bonchev–Trinajstić information content (AvgIpc) is 3.00. The number of nitrogens with one attached hydrogen (secondary N) is 3. The smallest absolute Gasteiger partial charge is 0.416 e. The fourth-order valence-corrected chi connectivity index (χ4v) is 2.31. The van der Waals surface area contributed by atoms with E-state index in [0.717, 1.165) is 17.7 Å². The zero-order valence-electron chi connectivity index (χ0n) is 13.4. The molecule has 3 rings (SSSR count). The van der Waals surface area contributed by atoms with Gasteiger partial charge in [0.1, 0.15) is 17.3 Å². The highest BCUT2D eigenvalue weighted by Gasteiger charge is 2.30. The fourth-order valence-electron chi connectivity index (χ4n) is 2.31. The Hall–Kier alpha value is -3.07. The van der Waals surface area contributed by atoms with Gasteiger partial charge in [0.05, 0.1) is 12.1 Å². The number of ether oxygens (including phenoxy) is 1. The molecule has 3 aromatic rings. The molecule has 0 atom stereocenters. The summed E-state index contributed by atoms with van der Waals surface area (Å²) in [5, 5.41) is 9.14. The van der Waals surface area contributed by atoms with Gasteiger partial charge >= 0.3 is 11.9 Å². The second-order valence-electron chi connectivity index (χ2n) is 5.50. The molecular weight excluding hydrogens is 349 g/mol. The topological polar surface area (TPSA) is 82.8 Å². The van der Waals surface area contributed by atoms with Crippen molar-refractivity contribution in [2.45, 2.75) is 19.3 Å². The number of halogens is 3. The van der Waals surface area contributed by atoms with Crippen LogP contribution in [0.15, 0.2) is 53.3 Å². The van der Waals surface area contributed by atoms with Crippen molar-refractivity contribution in [1.82, 2.24) is 20.5 Å². The maximum atomic E-state index is 12.8. The Morgan fingerprint density at radius 3 is 2.46 bits per heavy atom. The van der Waals surface area contributed by atoms with E-state index in [4.69, 9.17) is 4.74 Å². The Bertz CT molecular complexity index is 934. The minimum absolute atomic E-state index is 0.110. The van der Waals surface area contributed by atoms with E-state index in [0.29, 0.717) is 24.7 Å². The van der Waals surface area contributed by atoms with Crippen LogP contribution in [0, 0.1) is 0 Å². The second kappa shape index (κ2) is 7.44. The summed E-state index contributed by atoms with van der Waals surface area (Å²) in [6.45, 7) is 0.826. The lowest BCUT2D eigenvalue weighted by molar-refractivity contribution is -0.137. The van der Waals surface area contributed by atoms with Crippen molar-refractivity contribution < 1.29 is 17.9 Å². The highest BCUT2D eigenvalue weighted by Crippen LogP contribution is 2.32. The third-order valence-corrected chi connectivity index (χ3v) is 3.47. The molecule has 0 aliphatic carbocycles. The molecule has 6 nitrogen and oxygen atoms in total. The molecule has 0 fully saturated rings. The van der Waals surface area contributed by atoms with Crippen LogP contribution in [0.3, 0.4) is 0 Å². The third-order valence-electron chi connectivity index (χ3n) is 3.47. The number of rotatable bonds is 6. The molecule has 0 unspecified atom stereocenters. The molecule has 0 radical (unpaired) electrons. The molecule has 0 bridgehead atoms. The van der Waals surface area contributed by atoms with Crippen molar-refractivity contribution >= 4 is 0 Å². The van der Waals surface area contributed by atoms with Gasteiger partial charge in [-0.1, -0.05) is 18.2 Å². The minimum atomic E-state index is -4.42. The summed E-state index contributed by atoms with van der Waals surface area (Å²) in [5.74, 6) is 1.02. The first kappa shape index (κ1) is 17.7. The van der Waals surface area contributed by atoms with Crippen molar-refractivity contribution in [2.24, 2.45) is 0 Å². The number of H-pyrrole nitrogens is 2. The Morgan fingerprint density at radius 2 is 1.77 bits per heavy atom. The molecule has 0 aliphatic heterocycles. The predicted molar refractivity (Wildman–Crippen MR) is 87.7 cm³/mol. The lowest BCUT2D eigenvalue weighted by atomic mass is 10.2. The van der Waals surface area contributed by atoms with Crippen LogP contribution >= 0.6 is 0 Å². The van der Waals surface area contributed by atoms with Crippen molar-refractivity contribution in [3.05, 3.63) is 76.0 Å². The van der Waals surface area contributed by atoms with E-state index < -0.39 is 11.7 Å². The van der Waals surface area contributed by atoms with Gasteiger partial charge in [0, 0.05) is 6.54 Å². The van der Waals surface area contributed by atoms with Crippen molar-refractivity contribution in [3.8, 4) is 11.5 Å². The molecule has 1 heterocycles. The largest absolute Gasteiger partial charge is 0.457 e. The summed E-state index contributed by atoms with van der Waals surface area (Å²) in [7, 11) is 0. The molecule has 0 spiro atoms. The molecule has 136 valence electrons. The van der Waals surface area contributed by atoms with Gasteiger partial charge in [0.25, 0.3) is 0 Å². The predicted octanol–water partition coefficient (Wildman–Crippen LogP) is 3.20. The molecule has 0 amide bonds. The van der Waals surface area contributed by atoms with E-state index in [-0.39, 0.29) is 11.4 Å². The summed E-state index contributed by atoms with van der Waals surface area (Å²) in [5.41, 5.74) is -0.272. The van der Waals surface area contributed by atoms with E-state index >= 15 is 0 Å². The fraction of sp³-hybridized carbons (Fsp3) is 0.176.